The van der Waals surface area contributed by atoms with E-state index in [1.807, 2.05) is 0 Å². The number of aliphatic carboxylic acids is 1. The molecule has 0 saturated heterocycles. The Morgan fingerprint density at radius 2 is 1.19 bits per heavy atom. The zero-order valence-corrected chi connectivity index (χ0v) is 14.5. The fourth-order valence-corrected chi connectivity index (χ4v) is 2.33. The Kier molecular flexibility index (Phi) is 12.8. The van der Waals surface area contributed by atoms with Crippen LogP contribution in [0.4, 0.5) is 0 Å². The van der Waals surface area contributed by atoms with Gasteiger partial charge in [0.05, 0.1) is 0 Å². The van der Waals surface area contributed by atoms with Crippen LogP contribution < -0.4 is 0 Å². The lowest BCUT2D eigenvalue weighted by atomic mass is 10.1. The zero-order valence-electron chi connectivity index (χ0n) is 14.5. The number of ether oxygens (including phenoxy) is 1. The number of hydrogen-bond acceptors (Lipinski definition) is 2. The van der Waals surface area contributed by atoms with Crippen molar-refractivity contribution >= 4 is 5.97 Å². The van der Waals surface area contributed by atoms with Crippen molar-refractivity contribution in [3.63, 3.8) is 0 Å². The minimum absolute atomic E-state index is 0.552. The van der Waals surface area contributed by atoms with Gasteiger partial charge in [-0.2, -0.15) is 0 Å². The molecule has 0 aromatic rings. The van der Waals surface area contributed by atoms with Crippen LogP contribution in [0.5, 0.6) is 0 Å². The van der Waals surface area contributed by atoms with E-state index in [1.54, 1.807) is 13.8 Å². The highest BCUT2D eigenvalue weighted by atomic mass is 16.5. The first-order valence-electron chi connectivity index (χ1n) is 8.88. The molecule has 0 aliphatic heterocycles. The van der Waals surface area contributed by atoms with Crippen LogP contribution in [0.25, 0.3) is 0 Å². The number of hydrogen-bond donors (Lipinski definition) is 1. The van der Waals surface area contributed by atoms with Gasteiger partial charge in [-0.1, -0.05) is 77.6 Å². The van der Waals surface area contributed by atoms with Gasteiger partial charge in [-0.15, -0.1) is 0 Å². The summed E-state index contributed by atoms with van der Waals surface area (Å²) in [7, 11) is 0. The average molecular weight is 300 g/mol. The Labute approximate surface area is 131 Å². The van der Waals surface area contributed by atoms with Crippen LogP contribution in [0.2, 0.25) is 0 Å². The SMILES string of the molecule is CCCCCCCCCCCCCCOC(C)(C)C(=O)O. The smallest absolute Gasteiger partial charge is 0.335 e. The molecular weight excluding hydrogens is 264 g/mol. The van der Waals surface area contributed by atoms with Crippen molar-refractivity contribution < 1.29 is 14.6 Å². The van der Waals surface area contributed by atoms with Crippen molar-refractivity contribution in [1.29, 1.82) is 0 Å². The van der Waals surface area contributed by atoms with Gasteiger partial charge in [0.1, 0.15) is 0 Å². The van der Waals surface area contributed by atoms with Gasteiger partial charge in [-0.05, 0) is 20.3 Å². The fraction of sp³-hybridized carbons (Fsp3) is 0.944. The Bertz CT molecular complexity index is 249. The van der Waals surface area contributed by atoms with E-state index in [2.05, 4.69) is 6.92 Å². The molecule has 0 aromatic heterocycles. The highest BCUT2D eigenvalue weighted by molar-refractivity contribution is 5.76. The van der Waals surface area contributed by atoms with E-state index in [0.717, 1.165) is 12.8 Å². The molecule has 3 heteroatoms. The van der Waals surface area contributed by atoms with Crippen molar-refractivity contribution in [2.45, 2.75) is 103 Å². The topological polar surface area (TPSA) is 46.5 Å². The maximum atomic E-state index is 10.8. The van der Waals surface area contributed by atoms with Crippen LogP contribution in [0.3, 0.4) is 0 Å². The third-order valence-corrected chi connectivity index (χ3v) is 3.98. The maximum absolute atomic E-state index is 10.8. The van der Waals surface area contributed by atoms with E-state index in [9.17, 15) is 4.79 Å². The van der Waals surface area contributed by atoms with Gasteiger partial charge in [-0.25, -0.2) is 4.79 Å². The summed E-state index contributed by atoms with van der Waals surface area (Å²) in [4.78, 5) is 10.8. The molecule has 0 rings (SSSR count). The van der Waals surface area contributed by atoms with Gasteiger partial charge in [-0.3, -0.25) is 0 Å². The van der Waals surface area contributed by atoms with Gasteiger partial charge in [0.25, 0.3) is 0 Å². The minimum atomic E-state index is -1.04. The molecule has 0 fully saturated rings. The number of carboxylic acids is 1. The largest absolute Gasteiger partial charge is 0.479 e. The summed E-state index contributed by atoms with van der Waals surface area (Å²) in [6, 6.07) is 0. The van der Waals surface area contributed by atoms with E-state index >= 15 is 0 Å². The quantitative estimate of drug-likeness (QED) is 0.402. The van der Waals surface area contributed by atoms with Crippen LogP contribution in [-0.4, -0.2) is 23.3 Å². The average Bonchev–Trinajstić information content (AvgIpc) is 2.43. The first-order chi connectivity index (χ1) is 10.0. The molecule has 0 atom stereocenters. The first kappa shape index (κ1) is 20.4. The summed E-state index contributed by atoms with van der Waals surface area (Å²) in [5.74, 6) is -0.888. The maximum Gasteiger partial charge on any atom is 0.335 e. The number of unbranched alkanes of at least 4 members (excludes halogenated alkanes) is 11. The lowest BCUT2D eigenvalue weighted by molar-refractivity contribution is -0.161. The lowest BCUT2D eigenvalue weighted by Gasteiger charge is -2.19. The summed E-state index contributed by atoms with van der Waals surface area (Å²) in [5, 5.41) is 8.91. The summed E-state index contributed by atoms with van der Waals surface area (Å²) in [6.45, 7) is 6.02. The van der Waals surface area contributed by atoms with Gasteiger partial charge in [0.15, 0.2) is 5.60 Å². The number of rotatable bonds is 15. The summed E-state index contributed by atoms with van der Waals surface area (Å²) < 4.78 is 5.38. The molecule has 126 valence electrons. The Morgan fingerprint density at radius 3 is 1.57 bits per heavy atom. The minimum Gasteiger partial charge on any atom is -0.479 e. The summed E-state index contributed by atoms with van der Waals surface area (Å²) in [5.41, 5.74) is -1.04. The molecular formula is C18H36O3. The standard InChI is InChI=1S/C18H36O3/c1-4-5-6-7-8-9-10-11-12-13-14-15-16-21-18(2,3)17(19)20/h4-16H2,1-3H3,(H,19,20). The van der Waals surface area contributed by atoms with Crippen molar-refractivity contribution in [3.8, 4) is 0 Å². The van der Waals surface area contributed by atoms with Crippen molar-refractivity contribution in [2.24, 2.45) is 0 Å². The third kappa shape index (κ3) is 12.9. The van der Waals surface area contributed by atoms with E-state index in [4.69, 9.17) is 9.84 Å². The molecule has 0 aliphatic carbocycles. The van der Waals surface area contributed by atoms with Gasteiger partial charge in [0, 0.05) is 6.61 Å². The molecule has 21 heavy (non-hydrogen) atoms. The predicted molar refractivity (Wildman–Crippen MR) is 88.7 cm³/mol. The predicted octanol–water partition coefficient (Wildman–Crippen LogP) is 5.57. The second-order valence-electron chi connectivity index (χ2n) is 6.55. The van der Waals surface area contributed by atoms with Gasteiger partial charge >= 0.3 is 5.97 Å². The van der Waals surface area contributed by atoms with Crippen molar-refractivity contribution in [2.75, 3.05) is 6.61 Å². The molecule has 3 nitrogen and oxygen atoms in total. The van der Waals surface area contributed by atoms with E-state index in [1.165, 1.54) is 64.2 Å². The highest BCUT2D eigenvalue weighted by Gasteiger charge is 2.27. The lowest BCUT2D eigenvalue weighted by Crippen LogP contribution is -2.35. The molecule has 0 radical (unpaired) electrons. The molecule has 0 saturated carbocycles. The normalized spacial score (nSPS) is 11.8. The molecule has 1 N–H and O–H groups in total. The number of carbonyl (C=O) groups is 1. The van der Waals surface area contributed by atoms with Crippen LogP contribution >= 0.6 is 0 Å². The molecule has 0 aromatic carbocycles. The Morgan fingerprint density at radius 1 is 0.810 bits per heavy atom. The van der Waals surface area contributed by atoms with Gasteiger partial charge < -0.3 is 9.84 Å². The molecule has 0 bridgehead atoms. The molecule has 0 heterocycles. The van der Waals surface area contributed by atoms with Crippen LogP contribution in [0.1, 0.15) is 97.8 Å². The van der Waals surface area contributed by atoms with E-state index in [0.29, 0.717) is 6.61 Å². The summed E-state index contributed by atoms with van der Waals surface area (Å²) >= 11 is 0. The van der Waals surface area contributed by atoms with Gasteiger partial charge in [0.2, 0.25) is 0 Å². The molecule has 0 amide bonds. The summed E-state index contributed by atoms with van der Waals surface area (Å²) in [6.07, 6.45) is 15.7. The van der Waals surface area contributed by atoms with Crippen LogP contribution in [-0.2, 0) is 9.53 Å². The van der Waals surface area contributed by atoms with E-state index < -0.39 is 11.6 Å². The zero-order chi connectivity index (χ0) is 16.0. The Balaban J connectivity index is 3.18. The van der Waals surface area contributed by atoms with Crippen LogP contribution in [0, 0.1) is 0 Å². The second-order valence-corrected chi connectivity index (χ2v) is 6.55. The molecule has 0 aliphatic rings. The highest BCUT2D eigenvalue weighted by Crippen LogP contribution is 2.13. The van der Waals surface area contributed by atoms with Crippen LogP contribution in [0.15, 0.2) is 0 Å². The molecule has 0 unspecified atom stereocenters. The Hall–Kier alpha value is -0.570. The fourth-order valence-electron chi connectivity index (χ4n) is 2.33. The number of carboxylic acid groups (broad SMARTS) is 1. The van der Waals surface area contributed by atoms with Crippen molar-refractivity contribution in [3.05, 3.63) is 0 Å². The monoisotopic (exact) mass is 300 g/mol. The first-order valence-corrected chi connectivity index (χ1v) is 8.88. The van der Waals surface area contributed by atoms with Crippen molar-refractivity contribution in [1.82, 2.24) is 0 Å². The van der Waals surface area contributed by atoms with E-state index in [-0.39, 0.29) is 0 Å². The molecule has 0 spiro atoms. The third-order valence-electron chi connectivity index (χ3n) is 3.98. The second kappa shape index (κ2) is 13.1.